The molecule has 0 bridgehead atoms. The third-order valence-electron chi connectivity index (χ3n) is 6.13. The molecule has 0 unspecified atom stereocenters. The van der Waals surface area contributed by atoms with Crippen LogP contribution in [0.3, 0.4) is 0 Å². The van der Waals surface area contributed by atoms with Crippen LogP contribution in [0.4, 0.5) is 0 Å². The molecular weight excluding hydrogens is 355 g/mol. The Morgan fingerprint density at radius 1 is 0.600 bits per heavy atom. The number of hydrogen-bond donors (Lipinski definition) is 0. The lowest BCUT2D eigenvalue weighted by Crippen LogP contribution is -2.18. The highest BCUT2D eigenvalue weighted by Crippen LogP contribution is 2.38. The van der Waals surface area contributed by atoms with E-state index in [0.29, 0.717) is 0 Å². The summed E-state index contributed by atoms with van der Waals surface area (Å²) in [6, 6.07) is 0. The summed E-state index contributed by atoms with van der Waals surface area (Å²) in [5.41, 5.74) is 0. The molecule has 2 aliphatic rings. The Morgan fingerprint density at radius 3 is 1.30 bits per heavy atom. The topological polar surface area (TPSA) is 0 Å². The summed E-state index contributed by atoms with van der Waals surface area (Å²) in [4.78, 5) is 0. The van der Waals surface area contributed by atoms with Gasteiger partial charge >= 0.3 is 0 Å². The monoisotopic (exact) mass is 390 g/mol. The zero-order valence-electron chi connectivity index (χ0n) is 13.6. The van der Waals surface area contributed by atoms with Gasteiger partial charge in [-0.25, -0.2) is 0 Å². The summed E-state index contributed by atoms with van der Waals surface area (Å²) in [6.45, 7) is 2.35. The average molecular weight is 390 g/mol. The number of rotatable bonds is 7. The number of halogens is 1. The van der Waals surface area contributed by atoms with Gasteiger partial charge in [-0.15, -0.1) is 0 Å². The van der Waals surface area contributed by atoms with Crippen molar-refractivity contribution in [1.82, 2.24) is 0 Å². The quantitative estimate of drug-likeness (QED) is 0.324. The van der Waals surface area contributed by atoms with Crippen molar-refractivity contribution in [2.75, 3.05) is 4.43 Å². The lowest BCUT2D eigenvalue weighted by Gasteiger charge is -2.32. The van der Waals surface area contributed by atoms with Gasteiger partial charge in [0.15, 0.2) is 0 Å². The molecule has 0 spiro atoms. The molecule has 1 heteroatoms. The summed E-state index contributed by atoms with van der Waals surface area (Å²) < 4.78 is 1.37. The summed E-state index contributed by atoms with van der Waals surface area (Å²) in [6.07, 6.45) is 19.8. The van der Waals surface area contributed by atoms with Crippen LogP contribution in [0.25, 0.3) is 0 Å². The van der Waals surface area contributed by atoms with Crippen molar-refractivity contribution in [2.24, 2.45) is 23.7 Å². The zero-order valence-corrected chi connectivity index (χ0v) is 15.7. The maximum absolute atomic E-state index is 2.55. The van der Waals surface area contributed by atoms with E-state index in [4.69, 9.17) is 0 Å². The summed E-state index contributed by atoms with van der Waals surface area (Å²) in [5, 5.41) is 0. The van der Waals surface area contributed by atoms with E-state index in [2.05, 4.69) is 29.5 Å². The minimum atomic E-state index is 1.08. The maximum Gasteiger partial charge on any atom is -0.000209 e. The first kappa shape index (κ1) is 17.1. The first-order valence-corrected chi connectivity index (χ1v) is 10.9. The van der Waals surface area contributed by atoms with Crippen molar-refractivity contribution >= 4 is 22.6 Å². The smallest absolute Gasteiger partial charge is 0.000209 e. The largest absolute Gasteiger partial charge is 0.0864 e. The van der Waals surface area contributed by atoms with Crippen LogP contribution in [0.15, 0.2) is 0 Å². The molecule has 0 nitrogen and oxygen atoms in total. The van der Waals surface area contributed by atoms with Gasteiger partial charge in [0.1, 0.15) is 0 Å². The third-order valence-corrected chi connectivity index (χ3v) is 6.75. The van der Waals surface area contributed by atoms with Gasteiger partial charge in [0, 0.05) is 0 Å². The van der Waals surface area contributed by atoms with Gasteiger partial charge in [-0.1, -0.05) is 107 Å². The second kappa shape index (κ2) is 9.69. The predicted molar refractivity (Wildman–Crippen MR) is 98.5 cm³/mol. The summed E-state index contributed by atoms with van der Waals surface area (Å²) >= 11 is 2.55. The molecule has 0 aromatic rings. The number of alkyl halides is 1. The Kier molecular flexibility index (Phi) is 8.28. The first-order valence-electron chi connectivity index (χ1n) is 9.37. The Balaban J connectivity index is 1.55. The van der Waals surface area contributed by atoms with Crippen LogP contribution < -0.4 is 0 Å². The highest BCUT2D eigenvalue weighted by molar-refractivity contribution is 14.1. The molecule has 0 aromatic heterocycles. The maximum atomic E-state index is 2.55. The molecule has 118 valence electrons. The fourth-order valence-corrected chi connectivity index (χ4v) is 5.53. The molecule has 0 radical (unpaired) electrons. The van der Waals surface area contributed by atoms with Crippen LogP contribution in [-0.4, -0.2) is 4.43 Å². The first-order chi connectivity index (χ1) is 9.81. The SMILES string of the molecule is CCCC1CCC(CCC2CCC(CCI)CC2)CC1. The van der Waals surface area contributed by atoms with Crippen molar-refractivity contribution in [3.63, 3.8) is 0 Å². The van der Waals surface area contributed by atoms with Crippen LogP contribution in [0.5, 0.6) is 0 Å². The van der Waals surface area contributed by atoms with Gasteiger partial charge in [0.25, 0.3) is 0 Å². The Morgan fingerprint density at radius 2 is 0.950 bits per heavy atom. The van der Waals surface area contributed by atoms with E-state index in [1.807, 2.05) is 0 Å². The van der Waals surface area contributed by atoms with Gasteiger partial charge in [0.05, 0.1) is 0 Å². The molecule has 2 aliphatic carbocycles. The third kappa shape index (κ3) is 5.85. The van der Waals surface area contributed by atoms with Gasteiger partial charge < -0.3 is 0 Å². The van der Waals surface area contributed by atoms with Gasteiger partial charge in [0.2, 0.25) is 0 Å². The van der Waals surface area contributed by atoms with Crippen LogP contribution in [0.1, 0.15) is 90.4 Å². The predicted octanol–water partition coefficient (Wildman–Crippen LogP) is 7.00. The van der Waals surface area contributed by atoms with Gasteiger partial charge in [-0.3, -0.25) is 0 Å². The highest BCUT2D eigenvalue weighted by atomic mass is 127. The lowest BCUT2D eigenvalue weighted by molar-refractivity contribution is 0.212. The van der Waals surface area contributed by atoms with E-state index in [9.17, 15) is 0 Å². The molecule has 0 amide bonds. The van der Waals surface area contributed by atoms with Crippen molar-refractivity contribution < 1.29 is 0 Å². The van der Waals surface area contributed by atoms with E-state index in [0.717, 1.165) is 23.7 Å². The summed E-state index contributed by atoms with van der Waals surface area (Å²) in [7, 11) is 0. The van der Waals surface area contributed by atoms with E-state index in [1.165, 1.54) is 36.5 Å². The van der Waals surface area contributed by atoms with Crippen molar-refractivity contribution in [1.29, 1.82) is 0 Å². The average Bonchev–Trinajstić information content (AvgIpc) is 2.49. The standard InChI is InChI=1S/C19H35I/c1-2-3-16-4-6-17(7-5-16)8-9-18-10-12-19(13-11-18)14-15-20/h16-19H,2-15H2,1H3. The fourth-order valence-electron chi connectivity index (χ4n) is 4.65. The van der Waals surface area contributed by atoms with Crippen LogP contribution in [0.2, 0.25) is 0 Å². The fraction of sp³-hybridized carbons (Fsp3) is 1.00. The lowest BCUT2D eigenvalue weighted by atomic mass is 9.74. The molecular formula is C19H35I. The number of hydrogen-bond acceptors (Lipinski definition) is 0. The van der Waals surface area contributed by atoms with Crippen LogP contribution >= 0.6 is 22.6 Å². The Labute approximate surface area is 141 Å². The molecule has 0 heterocycles. The molecule has 2 rings (SSSR count). The Hall–Kier alpha value is 0.730. The van der Waals surface area contributed by atoms with Crippen LogP contribution in [-0.2, 0) is 0 Å². The minimum Gasteiger partial charge on any atom is -0.0864 e. The van der Waals surface area contributed by atoms with Crippen molar-refractivity contribution in [3.05, 3.63) is 0 Å². The second-order valence-electron chi connectivity index (χ2n) is 7.62. The van der Waals surface area contributed by atoms with Gasteiger partial charge in [-0.2, -0.15) is 0 Å². The molecule has 0 atom stereocenters. The molecule has 0 aromatic carbocycles. The second-order valence-corrected chi connectivity index (χ2v) is 8.70. The van der Waals surface area contributed by atoms with Crippen LogP contribution in [0, 0.1) is 23.7 Å². The van der Waals surface area contributed by atoms with Crippen molar-refractivity contribution in [2.45, 2.75) is 90.4 Å². The van der Waals surface area contributed by atoms with E-state index in [1.54, 1.807) is 51.4 Å². The van der Waals surface area contributed by atoms with E-state index < -0.39 is 0 Å². The van der Waals surface area contributed by atoms with E-state index in [-0.39, 0.29) is 0 Å². The molecule has 2 saturated carbocycles. The normalized spacial score (nSPS) is 35.1. The molecule has 0 N–H and O–H groups in total. The van der Waals surface area contributed by atoms with E-state index >= 15 is 0 Å². The molecule has 0 saturated heterocycles. The molecule has 2 fully saturated rings. The van der Waals surface area contributed by atoms with Gasteiger partial charge in [-0.05, 0) is 34.5 Å². The minimum absolute atomic E-state index is 1.08. The highest BCUT2D eigenvalue weighted by Gasteiger charge is 2.24. The summed E-state index contributed by atoms with van der Waals surface area (Å²) in [5.74, 6) is 4.34. The Bertz CT molecular complexity index is 208. The molecule has 20 heavy (non-hydrogen) atoms. The van der Waals surface area contributed by atoms with Crippen molar-refractivity contribution in [3.8, 4) is 0 Å². The molecule has 0 aliphatic heterocycles. The zero-order chi connectivity index (χ0) is 14.2.